The van der Waals surface area contributed by atoms with Crippen molar-refractivity contribution in [2.75, 3.05) is 41.9 Å². The summed E-state index contributed by atoms with van der Waals surface area (Å²) in [5.41, 5.74) is 21.3. The molecule has 101 heavy (non-hydrogen) atoms. The van der Waals surface area contributed by atoms with E-state index in [0.717, 1.165) is 12.2 Å². The van der Waals surface area contributed by atoms with Gasteiger partial charge in [0, 0.05) is 42.7 Å². The topological polar surface area (TPSA) is 666 Å². The smallest absolute Gasteiger partial charge is 0.315 e. The Morgan fingerprint density at radius 3 is 1.39 bits per heavy atom. The first kappa shape index (κ1) is 66.4. The lowest BCUT2D eigenvalue weighted by Crippen LogP contribution is -2.37. The van der Waals surface area contributed by atoms with Gasteiger partial charge in [0.1, 0.15) is 60.9 Å². The Morgan fingerprint density at radius 2 is 0.941 bits per heavy atom. The van der Waals surface area contributed by atoms with Crippen LogP contribution in [-0.2, 0) is 41.3 Å². The number of aromatic nitrogens is 22. The molecule has 10 aromatic rings. The second-order valence-electron chi connectivity index (χ2n) is 24.8. The summed E-state index contributed by atoms with van der Waals surface area (Å²) in [6.07, 6.45) is -6.58. The highest BCUT2D eigenvalue weighted by Crippen LogP contribution is 2.42. The third-order valence-electron chi connectivity index (χ3n) is 18.5. The van der Waals surface area contributed by atoms with E-state index in [4.69, 9.17) is 46.6 Å². The molecule has 0 bridgehead atoms. The van der Waals surface area contributed by atoms with Gasteiger partial charge in [0.15, 0.2) is 75.7 Å². The number of aromatic amines is 4. The summed E-state index contributed by atoms with van der Waals surface area (Å²) in [5.74, 6) is -0.403. The summed E-state index contributed by atoms with van der Waals surface area (Å²) < 4.78 is 38.0. The second-order valence-corrected chi connectivity index (χ2v) is 26.0. The molecule has 16 rings (SSSR count). The number of carbonyl (C=O) groups excluding carboxylic acids is 2. The molecule has 6 aliphatic rings. The summed E-state index contributed by atoms with van der Waals surface area (Å²) in [5, 5.41) is 99.0. The number of nitrogen functional groups attached to an aromatic ring is 4. The van der Waals surface area contributed by atoms with Crippen LogP contribution in [0, 0.1) is 0 Å². The van der Waals surface area contributed by atoms with Gasteiger partial charge in [0.2, 0.25) is 23.8 Å². The zero-order chi connectivity index (χ0) is 70.6. The molecular formula is C54H64N28O18S. The van der Waals surface area contributed by atoms with Crippen LogP contribution in [0.15, 0.2) is 56.9 Å². The molecule has 2 amide bonds. The Balaban J connectivity index is 0.000000171. The van der Waals surface area contributed by atoms with E-state index in [9.17, 15) is 64.5 Å². The molecule has 6 saturated heterocycles. The van der Waals surface area contributed by atoms with E-state index in [-0.39, 0.29) is 111 Å². The Hall–Kier alpha value is -10.5. The van der Waals surface area contributed by atoms with E-state index in [1.54, 1.807) is 11.8 Å². The van der Waals surface area contributed by atoms with Gasteiger partial charge in [0.25, 0.3) is 22.2 Å². The van der Waals surface area contributed by atoms with Crippen LogP contribution in [0.3, 0.4) is 0 Å². The molecule has 6 fully saturated rings. The molecule has 534 valence electrons. The molecule has 10 aromatic heterocycles. The standard InChI is InChI=1S/C32H39N15O10S.C22H25N13O8/c33-30-39-24-18(26(52)41-30)35-9-45(24)28-21(50)20(14(7-48)56-28)47-6-11(43-44-47)5-13-23(22(51)29(55-13)46-10-36-19-25(46)40-31(34)42-27(19)53)57-16(49)4-2-1-3-15-17-12(8-58-15)37-32(54)38-17;23-21-27-15-9(17(40)29-21)25-4-33(15)19-13(38)11(8(3-36)43-19)35-2-6(31-32-35)1-7-12(37)14(39)20(42-7)34-5-26-10-16(34)28-22(24)30-18(10)41/h6,9-10,12-15,17,20-23,28-29,48,50-51H,1-5,7-8H2,(H2,37,38,54)(H3,33,39,41,52)(H3,34,40,42,53);2,4-5,7-8,11-14,19-20,36-39H,1,3H2,(H3,23,27,29,40)(H3,24,28,30,41)/t12-,13+,14+,15-,17-,20+,21+,22+,23+,28+,29+;7-,8-,11-,12-,13-,14-,19-,20-/m01/s1. The fraction of sp³-hybridized carbons (Fsp3) is 0.519. The van der Waals surface area contributed by atoms with Gasteiger partial charge in [-0.25, -0.2) is 34.1 Å². The minimum absolute atomic E-state index is 0.00741. The van der Waals surface area contributed by atoms with Gasteiger partial charge in [-0.05, 0) is 12.8 Å². The van der Waals surface area contributed by atoms with Crippen molar-refractivity contribution < 1.29 is 69.0 Å². The van der Waals surface area contributed by atoms with Crippen molar-refractivity contribution in [3.05, 3.63) is 90.5 Å². The SMILES string of the molecule is Nc1nc2c(ncn2[C@@H]2O[C@H](Cc3cn([C@H]4[C@@H](O)[C@H](n5cnc6c(=O)[nH]c(N)nc65)O[C@@H]4CO)nn3)[C@@H](O)[C@H]2O)c(=O)[nH]1.Nc1nc2c(ncn2[C@@H]2O[C@H](Cc3cn([C@H]4[C@@H](O)[C@H](n5cnc6c(=O)[nH]c(N)nc65)O[C@@H]4CO)nn3)[C@@H](OC(=O)CCCC[C@@H]3SC[C@@H]4NC(=O)N[C@@H]43)[C@H]2O)c(=O)[nH]1. The number of aliphatic hydroxyl groups is 7. The number of aliphatic hydroxyl groups excluding tert-OH is 7. The molecule has 47 heteroatoms. The minimum Gasteiger partial charge on any atom is -0.457 e. The van der Waals surface area contributed by atoms with E-state index in [1.165, 1.54) is 65.3 Å². The molecule has 0 aliphatic carbocycles. The first-order valence-corrected chi connectivity index (χ1v) is 32.5. The predicted molar refractivity (Wildman–Crippen MR) is 339 cm³/mol. The number of fused-ring (bicyclic) bond motifs is 5. The number of rotatable bonds is 18. The molecule has 0 radical (unpaired) electrons. The van der Waals surface area contributed by atoms with Crippen molar-refractivity contribution in [2.45, 2.75) is 154 Å². The Bertz CT molecular complexity index is 5050. The molecule has 21 N–H and O–H groups in total. The Labute approximate surface area is 564 Å². The van der Waals surface area contributed by atoms with E-state index in [1.807, 2.05) is 0 Å². The number of esters is 1. The van der Waals surface area contributed by atoms with Gasteiger partial charge in [-0.2, -0.15) is 31.7 Å². The van der Waals surface area contributed by atoms with Crippen LogP contribution in [0.25, 0.3) is 44.7 Å². The average molecular weight is 1430 g/mol. The number of nitrogens with two attached hydrogens (primary N) is 4. The van der Waals surface area contributed by atoms with Crippen LogP contribution in [-0.4, -0.2) is 253 Å². The van der Waals surface area contributed by atoms with Gasteiger partial charge < -0.3 is 93.0 Å². The van der Waals surface area contributed by atoms with Crippen LogP contribution in [0.4, 0.5) is 28.6 Å². The van der Waals surface area contributed by atoms with Crippen molar-refractivity contribution in [2.24, 2.45) is 0 Å². The summed E-state index contributed by atoms with van der Waals surface area (Å²) in [6.45, 7) is -1.02. The molecule has 0 saturated carbocycles. The molecule has 19 atom stereocenters. The van der Waals surface area contributed by atoms with Gasteiger partial charge in [-0.15, -0.1) is 10.2 Å². The monoisotopic (exact) mass is 1420 g/mol. The van der Waals surface area contributed by atoms with E-state index in [0.29, 0.717) is 24.2 Å². The summed E-state index contributed by atoms with van der Waals surface area (Å²) >= 11 is 1.78. The molecule has 0 spiro atoms. The number of hydrogen-bond acceptors (Lipinski definition) is 35. The highest BCUT2D eigenvalue weighted by atomic mass is 32.2. The minimum atomic E-state index is -1.46. The molecule has 46 nitrogen and oxygen atoms in total. The lowest BCUT2D eigenvalue weighted by molar-refractivity contribution is -0.155. The first-order chi connectivity index (χ1) is 48.6. The number of nitrogens with zero attached hydrogens (tertiary/aromatic N) is 18. The highest BCUT2D eigenvalue weighted by molar-refractivity contribution is 8.00. The number of ether oxygens (including phenoxy) is 5. The number of H-pyrrole nitrogens is 4. The number of nitrogens with one attached hydrogen (secondary N) is 6. The van der Waals surface area contributed by atoms with Crippen LogP contribution in [0.1, 0.15) is 74.1 Å². The van der Waals surface area contributed by atoms with Gasteiger partial charge in [-0.3, -0.25) is 62.2 Å². The average Bonchev–Trinajstić information content (AvgIpc) is 1.62. The van der Waals surface area contributed by atoms with Crippen molar-refractivity contribution >= 4 is 92.2 Å². The largest absolute Gasteiger partial charge is 0.457 e. The van der Waals surface area contributed by atoms with Crippen molar-refractivity contribution in [1.29, 1.82) is 0 Å². The zero-order valence-corrected chi connectivity index (χ0v) is 53.0. The van der Waals surface area contributed by atoms with Crippen LogP contribution in [0.2, 0.25) is 0 Å². The van der Waals surface area contributed by atoms with Crippen molar-refractivity contribution in [1.82, 2.24) is 119 Å². The molecule has 0 aromatic carbocycles. The number of thioether (sulfide) groups is 1. The number of carbonyl (C=O) groups is 2. The van der Waals surface area contributed by atoms with Crippen molar-refractivity contribution in [3.63, 3.8) is 0 Å². The highest BCUT2D eigenvalue weighted by Gasteiger charge is 2.52. The first-order valence-electron chi connectivity index (χ1n) is 31.4. The fourth-order valence-electron chi connectivity index (χ4n) is 13.8. The zero-order valence-electron chi connectivity index (χ0n) is 52.2. The fourth-order valence-corrected chi connectivity index (χ4v) is 15.3. The maximum atomic E-state index is 13.3. The summed E-state index contributed by atoms with van der Waals surface area (Å²) in [7, 11) is 0. The number of unbranched alkanes of at least 4 members (excludes halogenated alkanes) is 1. The Kier molecular flexibility index (Phi) is 17.3. The lowest BCUT2D eigenvalue weighted by Gasteiger charge is -2.21. The predicted octanol–water partition coefficient (Wildman–Crippen LogP) is -7.40. The number of amides is 2. The van der Waals surface area contributed by atoms with Crippen LogP contribution >= 0.6 is 11.8 Å². The van der Waals surface area contributed by atoms with Gasteiger partial charge in [-0.1, -0.05) is 16.8 Å². The normalized spacial score (nSPS) is 30.0. The molecule has 0 unspecified atom stereocenters. The molecule has 6 aliphatic heterocycles. The second kappa shape index (κ2) is 26.2. The number of anilines is 4. The van der Waals surface area contributed by atoms with Crippen LogP contribution < -0.4 is 55.8 Å². The van der Waals surface area contributed by atoms with E-state index >= 15 is 0 Å². The number of hydrogen-bond donors (Lipinski definition) is 17. The quantitative estimate of drug-likeness (QED) is 0.0216. The van der Waals surface area contributed by atoms with Gasteiger partial charge in [0.05, 0.1) is 68.1 Å². The molecule has 16 heterocycles. The Morgan fingerprint density at radius 1 is 0.535 bits per heavy atom. The molecular weight excluding hydrogens is 1360 g/mol. The lowest BCUT2D eigenvalue weighted by atomic mass is 10.0. The third-order valence-corrected chi connectivity index (χ3v) is 20.0. The number of imidazole rings is 4. The van der Waals surface area contributed by atoms with E-state index < -0.39 is 139 Å². The maximum Gasteiger partial charge on any atom is 0.315 e. The maximum absolute atomic E-state index is 13.3. The summed E-state index contributed by atoms with van der Waals surface area (Å²) in [6, 6.07) is -1.92. The summed E-state index contributed by atoms with van der Waals surface area (Å²) in [4.78, 5) is 116. The number of urea groups is 1. The third kappa shape index (κ3) is 12.0. The van der Waals surface area contributed by atoms with E-state index in [2.05, 4.69) is 91.1 Å². The van der Waals surface area contributed by atoms with Crippen molar-refractivity contribution in [3.8, 4) is 0 Å². The van der Waals surface area contributed by atoms with Gasteiger partial charge >= 0.3 is 12.0 Å². The van der Waals surface area contributed by atoms with Crippen LogP contribution in [0.5, 0.6) is 0 Å².